The molecule has 0 spiro atoms. The normalized spacial score (nSPS) is 15.9. The van der Waals surface area contributed by atoms with Crippen LogP contribution >= 0.6 is 0 Å². The number of amides is 4. The molecule has 7 aromatic rings. The highest BCUT2D eigenvalue weighted by Crippen LogP contribution is 2.52. The summed E-state index contributed by atoms with van der Waals surface area (Å²) in [7, 11) is 1.75. The SMILES string of the molecule is Cc1ccc(NC(=O)C2(c3ccc4c(c3)OC(F)(F)O4)CC2)nc1-c1cccc(C(=O)NCCOCCOCCNC(=O)CNCc2ccc(-c3c4ncn(CC5(O)CCN(C(=O)C[C@@H](C)c6ccccc6)CC5)c(=O)c4nn3C)cc2)c1. The number of aryl methyl sites for hydroxylation is 2. The van der Waals surface area contributed by atoms with Crippen LogP contribution in [0, 0.1) is 6.92 Å². The Bertz CT molecular complexity index is 3570. The lowest BCUT2D eigenvalue weighted by Crippen LogP contribution is -2.49. The van der Waals surface area contributed by atoms with Crippen molar-refractivity contribution in [1.82, 2.24) is 45.2 Å². The van der Waals surface area contributed by atoms with Gasteiger partial charge in [-0.3, -0.25) is 33.2 Å². The van der Waals surface area contributed by atoms with Crippen LogP contribution in [0.2, 0.25) is 0 Å². The van der Waals surface area contributed by atoms with Crippen molar-refractivity contribution in [3.05, 3.63) is 154 Å². The van der Waals surface area contributed by atoms with E-state index in [0.29, 0.717) is 104 Å². The maximum absolute atomic E-state index is 13.7. The Hall–Kier alpha value is -8.44. The van der Waals surface area contributed by atoms with E-state index in [1.165, 1.54) is 23.0 Å². The molecule has 3 aromatic heterocycles. The summed E-state index contributed by atoms with van der Waals surface area (Å²) >= 11 is 0. The van der Waals surface area contributed by atoms with Crippen molar-refractivity contribution >= 4 is 40.5 Å². The predicted molar refractivity (Wildman–Crippen MR) is 304 cm³/mol. The van der Waals surface area contributed by atoms with Gasteiger partial charge in [-0.25, -0.2) is 9.97 Å². The Morgan fingerprint density at radius 2 is 1.52 bits per heavy atom. The largest absolute Gasteiger partial charge is 0.586 e. The first kappa shape index (κ1) is 57.8. The second kappa shape index (κ2) is 25.0. The molecule has 1 saturated heterocycles. The van der Waals surface area contributed by atoms with Gasteiger partial charge in [-0.1, -0.05) is 85.8 Å². The van der Waals surface area contributed by atoms with Gasteiger partial charge in [0.25, 0.3) is 11.5 Å². The number of aliphatic hydroxyl groups is 1. The number of carbonyl (C=O) groups excluding carboxylic acids is 4. The number of alkyl halides is 2. The zero-order valence-electron chi connectivity index (χ0n) is 46.4. The van der Waals surface area contributed by atoms with Gasteiger partial charge in [0.1, 0.15) is 11.3 Å². The van der Waals surface area contributed by atoms with E-state index in [-0.39, 0.29) is 91.6 Å². The second-order valence-corrected chi connectivity index (χ2v) is 21.4. The lowest BCUT2D eigenvalue weighted by atomic mass is 9.90. The van der Waals surface area contributed by atoms with Crippen LogP contribution in [-0.2, 0) is 49.4 Å². The van der Waals surface area contributed by atoms with Crippen molar-refractivity contribution in [2.24, 2.45) is 7.05 Å². The molecule has 5 N–H and O–H groups in total. The van der Waals surface area contributed by atoms with Crippen molar-refractivity contribution in [1.29, 1.82) is 0 Å². The van der Waals surface area contributed by atoms with Gasteiger partial charge in [0.05, 0.1) is 68.2 Å². The number of rotatable bonds is 24. The maximum atomic E-state index is 13.7. The first-order chi connectivity index (χ1) is 40.0. The third-order valence-corrected chi connectivity index (χ3v) is 15.4. The summed E-state index contributed by atoms with van der Waals surface area (Å²) < 4.78 is 50.7. The minimum atomic E-state index is -3.76. The number of pyridine rings is 1. The number of hydrogen-bond donors (Lipinski definition) is 5. The molecule has 1 saturated carbocycles. The van der Waals surface area contributed by atoms with Crippen molar-refractivity contribution in [3.63, 3.8) is 0 Å². The molecule has 0 unspecified atom stereocenters. The highest BCUT2D eigenvalue weighted by atomic mass is 19.3. The minimum absolute atomic E-state index is 0.0407. The first-order valence-corrected chi connectivity index (χ1v) is 27.7. The molecule has 434 valence electrons. The fourth-order valence-electron chi connectivity index (χ4n) is 10.5. The first-order valence-electron chi connectivity index (χ1n) is 27.7. The van der Waals surface area contributed by atoms with E-state index < -0.39 is 17.3 Å². The number of fused-ring (bicyclic) bond motifs is 2. The van der Waals surface area contributed by atoms with Crippen LogP contribution in [-0.4, -0.2) is 129 Å². The Morgan fingerprint density at radius 3 is 2.25 bits per heavy atom. The summed E-state index contributed by atoms with van der Waals surface area (Å²) in [4.78, 5) is 77.2. The van der Waals surface area contributed by atoms with Gasteiger partial charge in [0.15, 0.2) is 17.0 Å². The Labute approximate surface area is 477 Å². The second-order valence-electron chi connectivity index (χ2n) is 21.4. The van der Waals surface area contributed by atoms with Crippen molar-refractivity contribution < 1.29 is 52.0 Å². The smallest absolute Gasteiger partial charge is 0.395 e. The quantitative estimate of drug-likeness (QED) is 0.0413. The molecule has 2 fully saturated rings. The summed E-state index contributed by atoms with van der Waals surface area (Å²) in [6.07, 6.45) is -0.194. The number of benzene rings is 4. The molecule has 4 amide bonds. The van der Waals surface area contributed by atoms with Gasteiger partial charge in [0, 0.05) is 62.9 Å². The number of anilines is 1. The predicted octanol–water partition coefficient (Wildman–Crippen LogP) is 6.38. The Balaban J connectivity index is 0.590. The number of carbonyl (C=O) groups is 4. The average Bonchev–Trinajstić information content (AvgIpc) is 2.59. The Morgan fingerprint density at radius 1 is 0.795 bits per heavy atom. The van der Waals surface area contributed by atoms with E-state index in [2.05, 4.69) is 40.8 Å². The van der Waals surface area contributed by atoms with E-state index >= 15 is 0 Å². The molecule has 1 atom stereocenters. The molecule has 22 heteroatoms. The molecule has 2 aliphatic heterocycles. The number of nitrogens with zero attached hydrogens (tertiary/aromatic N) is 6. The van der Waals surface area contributed by atoms with Gasteiger partial charge in [-0.2, -0.15) is 5.10 Å². The summed E-state index contributed by atoms with van der Waals surface area (Å²) in [6.45, 7) is 6.96. The third-order valence-electron chi connectivity index (χ3n) is 15.4. The summed E-state index contributed by atoms with van der Waals surface area (Å²) in [6, 6.07) is 32.5. The average molecular weight is 1140 g/mol. The standard InChI is InChI=1S/C61H66F2N10O10/c1-39-12-19-49(69-58(78)60(20-21-60)46-17-18-47-48(34-46)83-61(62,63)82-47)68-52(39)44-10-7-11-45(33-44)56(76)66-25-29-81-31-30-80-28-24-65-50(74)36-64-35-41-13-15-43(16-14-41)55-53-54(70-71(55)3)57(77)73(38-67-53)37-59(79)22-26-72(27-23-59)51(75)32-40(2)42-8-5-4-6-9-42/h4-19,33-34,38,40,64,79H,20-32,35-37H2,1-3H3,(H,65,74)(H,66,76)(H,68,69,78)/t40-/m1/s1. The number of aromatic nitrogens is 5. The van der Waals surface area contributed by atoms with E-state index in [1.807, 2.05) is 80.6 Å². The van der Waals surface area contributed by atoms with E-state index in [4.69, 9.17) is 14.5 Å². The fraction of sp³-hybridized carbons (Fsp3) is 0.377. The third kappa shape index (κ3) is 13.7. The summed E-state index contributed by atoms with van der Waals surface area (Å²) in [5, 5.41) is 27.8. The van der Waals surface area contributed by atoms with Crippen LogP contribution < -0.4 is 36.3 Å². The van der Waals surface area contributed by atoms with Crippen LogP contribution in [0.15, 0.2) is 120 Å². The van der Waals surface area contributed by atoms with Crippen molar-refractivity contribution in [3.8, 4) is 34.0 Å². The van der Waals surface area contributed by atoms with Crippen LogP contribution in [0.4, 0.5) is 14.6 Å². The van der Waals surface area contributed by atoms with E-state index in [9.17, 15) is 37.9 Å². The molecule has 10 rings (SSSR count). The molecule has 20 nitrogen and oxygen atoms in total. The zero-order chi connectivity index (χ0) is 58.3. The van der Waals surface area contributed by atoms with Crippen molar-refractivity contribution in [2.45, 2.75) is 82.3 Å². The van der Waals surface area contributed by atoms with Crippen LogP contribution in [0.1, 0.15) is 77.6 Å². The van der Waals surface area contributed by atoms with Crippen LogP contribution in [0.3, 0.4) is 0 Å². The zero-order valence-corrected chi connectivity index (χ0v) is 46.4. The number of likely N-dealkylation sites (tertiary alicyclic amines) is 1. The minimum Gasteiger partial charge on any atom is -0.395 e. The fourth-order valence-corrected chi connectivity index (χ4v) is 10.5. The van der Waals surface area contributed by atoms with Crippen LogP contribution in [0.25, 0.3) is 33.5 Å². The molecule has 1 aliphatic carbocycles. The number of halogens is 2. The van der Waals surface area contributed by atoms with Gasteiger partial charge < -0.3 is 50.2 Å². The number of nitrogens with one attached hydrogen (secondary N) is 4. The topological polar surface area (TPSA) is 242 Å². The summed E-state index contributed by atoms with van der Waals surface area (Å²) in [5.74, 6) is -0.596. The molecule has 5 heterocycles. The maximum Gasteiger partial charge on any atom is 0.586 e. The van der Waals surface area contributed by atoms with E-state index in [1.54, 1.807) is 47.0 Å². The summed E-state index contributed by atoms with van der Waals surface area (Å²) in [5.41, 5.74) is 4.73. The molecule has 0 bridgehead atoms. The Kier molecular flexibility index (Phi) is 17.4. The van der Waals surface area contributed by atoms with Gasteiger partial charge in [-0.05, 0) is 91.1 Å². The van der Waals surface area contributed by atoms with E-state index in [0.717, 1.165) is 22.3 Å². The number of hydrogen-bond acceptors (Lipinski definition) is 14. The molecule has 0 radical (unpaired) electrons. The lowest BCUT2D eigenvalue weighted by Gasteiger charge is -2.38. The van der Waals surface area contributed by atoms with Gasteiger partial charge >= 0.3 is 6.29 Å². The van der Waals surface area contributed by atoms with Gasteiger partial charge in [-0.15, -0.1) is 8.78 Å². The van der Waals surface area contributed by atoms with Crippen LogP contribution in [0.5, 0.6) is 11.5 Å². The number of piperidine rings is 1. The lowest BCUT2D eigenvalue weighted by molar-refractivity contribution is -0.286. The molecule has 83 heavy (non-hydrogen) atoms. The molecule has 4 aromatic carbocycles. The molecule has 3 aliphatic rings. The monoisotopic (exact) mass is 1140 g/mol. The molecular weight excluding hydrogens is 1070 g/mol. The van der Waals surface area contributed by atoms with Gasteiger partial charge in [0.2, 0.25) is 17.7 Å². The van der Waals surface area contributed by atoms with Crippen molar-refractivity contribution in [2.75, 3.05) is 64.5 Å². The number of ether oxygens (including phenoxy) is 4. The molecular formula is C61H66F2N10O10. The highest BCUT2D eigenvalue weighted by Gasteiger charge is 2.53. The highest BCUT2D eigenvalue weighted by molar-refractivity contribution is 6.01.